The quantitative estimate of drug-likeness (QED) is 0.815. The van der Waals surface area contributed by atoms with Gasteiger partial charge in [-0.3, -0.25) is 4.79 Å². The molecule has 1 aromatic carbocycles. The zero-order valence-corrected chi connectivity index (χ0v) is 10.1. The van der Waals surface area contributed by atoms with Gasteiger partial charge in [0.2, 0.25) is 0 Å². The summed E-state index contributed by atoms with van der Waals surface area (Å²) in [6, 6.07) is 6.01. The third-order valence-electron chi connectivity index (χ3n) is 2.53. The van der Waals surface area contributed by atoms with Crippen molar-refractivity contribution in [2.45, 2.75) is 13.8 Å². The summed E-state index contributed by atoms with van der Waals surface area (Å²) >= 11 is 0. The molecule has 3 nitrogen and oxygen atoms in total. The monoisotopic (exact) mass is 228 g/mol. The maximum atomic E-state index is 11.9. The lowest BCUT2D eigenvalue weighted by atomic mass is 10.1. The van der Waals surface area contributed by atoms with Crippen molar-refractivity contribution < 1.29 is 4.79 Å². The van der Waals surface area contributed by atoms with E-state index in [1.165, 1.54) is 0 Å². The Morgan fingerprint density at radius 3 is 2.53 bits per heavy atom. The van der Waals surface area contributed by atoms with Gasteiger partial charge in [-0.15, -0.1) is 0 Å². The summed E-state index contributed by atoms with van der Waals surface area (Å²) in [5, 5.41) is 5.91. The number of anilines is 1. The van der Waals surface area contributed by atoms with Gasteiger partial charge in [-0.05, 0) is 37.1 Å². The molecule has 1 heterocycles. The minimum absolute atomic E-state index is 0.0848. The third kappa shape index (κ3) is 2.97. The van der Waals surface area contributed by atoms with Crippen LogP contribution < -0.4 is 10.6 Å². The van der Waals surface area contributed by atoms with E-state index in [4.69, 9.17) is 0 Å². The van der Waals surface area contributed by atoms with E-state index >= 15 is 0 Å². The van der Waals surface area contributed by atoms with Crippen LogP contribution in [-0.4, -0.2) is 12.5 Å². The Morgan fingerprint density at radius 1 is 1.24 bits per heavy atom. The lowest BCUT2D eigenvalue weighted by Gasteiger charge is -2.10. The third-order valence-corrected chi connectivity index (χ3v) is 2.53. The molecule has 0 saturated heterocycles. The summed E-state index contributed by atoms with van der Waals surface area (Å²) in [6.07, 6.45) is 5.49. The molecule has 1 amide bonds. The van der Waals surface area contributed by atoms with E-state index < -0.39 is 0 Å². The molecule has 1 aliphatic rings. The molecule has 2 N–H and O–H groups in total. The van der Waals surface area contributed by atoms with Crippen LogP contribution in [0.15, 0.2) is 42.1 Å². The molecule has 88 valence electrons. The highest BCUT2D eigenvalue weighted by Gasteiger charge is 2.08. The summed E-state index contributed by atoms with van der Waals surface area (Å²) < 4.78 is 0. The van der Waals surface area contributed by atoms with Crippen LogP contribution in [0.1, 0.15) is 11.1 Å². The highest BCUT2D eigenvalue weighted by molar-refractivity contribution is 6.05. The first-order valence-electron chi connectivity index (χ1n) is 5.65. The van der Waals surface area contributed by atoms with Crippen LogP contribution in [0.25, 0.3) is 0 Å². The second kappa shape index (κ2) is 4.87. The molecule has 0 spiro atoms. The highest BCUT2D eigenvalue weighted by Crippen LogP contribution is 2.15. The van der Waals surface area contributed by atoms with Gasteiger partial charge in [0.1, 0.15) is 0 Å². The minimum Gasteiger partial charge on any atom is -0.387 e. The molecule has 0 bridgehead atoms. The number of amides is 1. The van der Waals surface area contributed by atoms with E-state index in [0.717, 1.165) is 23.4 Å². The van der Waals surface area contributed by atoms with Crippen molar-refractivity contribution in [1.29, 1.82) is 0 Å². The van der Waals surface area contributed by atoms with Gasteiger partial charge in [-0.2, -0.15) is 0 Å². The molecule has 1 aliphatic heterocycles. The Balaban J connectivity index is 2.12. The Labute approximate surface area is 101 Å². The van der Waals surface area contributed by atoms with Crippen molar-refractivity contribution in [2.24, 2.45) is 0 Å². The highest BCUT2D eigenvalue weighted by atomic mass is 16.1. The fraction of sp³-hybridized carbons (Fsp3) is 0.214. The second-order valence-electron chi connectivity index (χ2n) is 4.24. The number of carbonyl (C=O) groups is 1. The van der Waals surface area contributed by atoms with E-state index in [1.807, 2.05) is 38.1 Å². The average molecular weight is 228 g/mol. The van der Waals surface area contributed by atoms with E-state index in [1.54, 1.807) is 6.20 Å². The topological polar surface area (TPSA) is 41.1 Å². The zero-order chi connectivity index (χ0) is 12.3. The molecule has 1 aromatic rings. The van der Waals surface area contributed by atoms with Crippen LogP contribution in [-0.2, 0) is 4.79 Å². The Kier molecular flexibility index (Phi) is 3.28. The lowest BCUT2D eigenvalue weighted by Crippen LogP contribution is -2.19. The number of benzene rings is 1. The van der Waals surface area contributed by atoms with Gasteiger partial charge in [0.25, 0.3) is 5.91 Å². The molecule has 0 radical (unpaired) electrons. The maximum absolute atomic E-state index is 11.9. The van der Waals surface area contributed by atoms with Crippen LogP contribution in [0.3, 0.4) is 0 Å². The SMILES string of the molecule is Cc1cc(C)cc(NC(=O)C2=CNCC=C2)c1. The molecular weight excluding hydrogens is 212 g/mol. The number of dihydropyridines is 1. The number of hydrogen-bond acceptors (Lipinski definition) is 2. The van der Waals surface area contributed by atoms with Crippen molar-refractivity contribution in [2.75, 3.05) is 11.9 Å². The predicted octanol–water partition coefficient (Wildman–Crippen LogP) is 2.29. The molecule has 0 atom stereocenters. The number of rotatable bonds is 2. The Hall–Kier alpha value is -2.03. The fourth-order valence-electron chi connectivity index (χ4n) is 1.86. The van der Waals surface area contributed by atoms with E-state index in [0.29, 0.717) is 5.57 Å². The number of aryl methyl sites for hydroxylation is 2. The summed E-state index contributed by atoms with van der Waals surface area (Å²) in [5.41, 5.74) is 3.78. The minimum atomic E-state index is -0.0848. The van der Waals surface area contributed by atoms with Crippen LogP contribution >= 0.6 is 0 Å². The molecule has 0 aromatic heterocycles. The van der Waals surface area contributed by atoms with E-state index in [2.05, 4.69) is 16.7 Å². The van der Waals surface area contributed by atoms with Crippen LogP contribution in [0.2, 0.25) is 0 Å². The molecule has 2 rings (SSSR count). The summed E-state index contributed by atoms with van der Waals surface area (Å²) in [4.78, 5) is 11.9. The smallest absolute Gasteiger partial charge is 0.257 e. The molecule has 0 saturated carbocycles. The van der Waals surface area contributed by atoms with Gasteiger partial charge in [-0.1, -0.05) is 18.2 Å². The van der Waals surface area contributed by atoms with E-state index in [9.17, 15) is 4.79 Å². The summed E-state index contributed by atoms with van der Waals surface area (Å²) in [6.45, 7) is 4.81. The largest absolute Gasteiger partial charge is 0.387 e. The number of carbonyl (C=O) groups excluding carboxylic acids is 1. The van der Waals surface area contributed by atoms with Gasteiger partial charge >= 0.3 is 0 Å². The number of nitrogens with one attached hydrogen (secondary N) is 2. The molecule has 3 heteroatoms. The number of hydrogen-bond donors (Lipinski definition) is 2. The summed E-state index contributed by atoms with van der Waals surface area (Å²) in [7, 11) is 0. The first kappa shape index (κ1) is 11.5. The standard InChI is InChI=1S/C14H16N2O/c1-10-6-11(2)8-13(7-10)16-14(17)12-4-3-5-15-9-12/h3-4,6-9,15H,5H2,1-2H3,(H,16,17). The van der Waals surface area contributed by atoms with Crippen molar-refractivity contribution in [3.63, 3.8) is 0 Å². The maximum Gasteiger partial charge on any atom is 0.257 e. The van der Waals surface area contributed by atoms with Crippen molar-refractivity contribution >= 4 is 11.6 Å². The fourth-order valence-corrected chi connectivity index (χ4v) is 1.86. The lowest BCUT2D eigenvalue weighted by molar-refractivity contribution is -0.112. The van der Waals surface area contributed by atoms with Crippen molar-refractivity contribution in [3.8, 4) is 0 Å². The van der Waals surface area contributed by atoms with Crippen LogP contribution in [0, 0.1) is 13.8 Å². The first-order chi connectivity index (χ1) is 8.15. The van der Waals surface area contributed by atoms with Gasteiger partial charge in [0, 0.05) is 18.4 Å². The van der Waals surface area contributed by atoms with Gasteiger partial charge in [0.15, 0.2) is 0 Å². The molecule has 0 unspecified atom stereocenters. The molecule has 0 aliphatic carbocycles. The molecule has 0 fully saturated rings. The second-order valence-corrected chi connectivity index (χ2v) is 4.24. The predicted molar refractivity (Wildman–Crippen MR) is 69.8 cm³/mol. The van der Waals surface area contributed by atoms with Gasteiger partial charge in [0.05, 0.1) is 5.57 Å². The summed E-state index contributed by atoms with van der Waals surface area (Å²) in [5.74, 6) is -0.0848. The zero-order valence-electron chi connectivity index (χ0n) is 10.1. The van der Waals surface area contributed by atoms with Crippen LogP contribution in [0.5, 0.6) is 0 Å². The molecular formula is C14H16N2O. The van der Waals surface area contributed by atoms with Crippen molar-refractivity contribution in [3.05, 3.63) is 53.3 Å². The normalized spacial score (nSPS) is 13.9. The Bertz CT molecular complexity index is 481. The van der Waals surface area contributed by atoms with E-state index in [-0.39, 0.29) is 5.91 Å². The molecule has 17 heavy (non-hydrogen) atoms. The van der Waals surface area contributed by atoms with Crippen molar-refractivity contribution in [1.82, 2.24) is 5.32 Å². The van der Waals surface area contributed by atoms with Gasteiger partial charge in [-0.25, -0.2) is 0 Å². The Morgan fingerprint density at radius 2 is 1.94 bits per heavy atom. The van der Waals surface area contributed by atoms with Gasteiger partial charge < -0.3 is 10.6 Å². The first-order valence-corrected chi connectivity index (χ1v) is 5.65. The average Bonchev–Trinajstić information content (AvgIpc) is 2.28. The van der Waals surface area contributed by atoms with Crippen LogP contribution in [0.4, 0.5) is 5.69 Å².